The van der Waals surface area contributed by atoms with Crippen molar-refractivity contribution in [3.05, 3.63) is 70.5 Å². The van der Waals surface area contributed by atoms with Crippen LogP contribution in [-0.4, -0.2) is 31.2 Å². The van der Waals surface area contributed by atoms with Crippen LogP contribution >= 0.6 is 23.1 Å². The zero-order valence-electron chi connectivity index (χ0n) is 16.9. The average Bonchev–Trinajstić information content (AvgIpc) is 3.50. The molecule has 4 aromatic rings. The van der Waals surface area contributed by atoms with Crippen molar-refractivity contribution in [2.45, 2.75) is 17.8 Å². The Hall–Kier alpha value is -3.31. The lowest BCUT2D eigenvalue weighted by Gasteiger charge is -2.07. The standard InChI is InChI=1S/C20H20N6O3S2/c1-13-17(18(28)26(25(13)2)14-7-4-3-5-8-14)22-16(27)12-30-20-24-23-19(31-20)21-11-15-9-6-10-29-15/h3-10H,11-12H2,1-2H3,(H,21,23)(H,22,27). The van der Waals surface area contributed by atoms with Gasteiger partial charge in [-0.15, -0.1) is 10.2 Å². The summed E-state index contributed by atoms with van der Waals surface area (Å²) in [5.74, 6) is 0.630. The van der Waals surface area contributed by atoms with Crippen LogP contribution in [0, 0.1) is 6.92 Å². The molecule has 0 saturated heterocycles. The van der Waals surface area contributed by atoms with Gasteiger partial charge in [0, 0.05) is 7.05 Å². The molecular formula is C20H20N6O3S2. The highest BCUT2D eigenvalue weighted by Gasteiger charge is 2.18. The third-order valence-electron chi connectivity index (χ3n) is 4.55. The summed E-state index contributed by atoms with van der Waals surface area (Å²) in [4.78, 5) is 25.4. The third kappa shape index (κ3) is 4.72. The molecule has 4 rings (SSSR count). The summed E-state index contributed by atoms with van der Waals surface area (Å²) in [7, 11) is 1.78. The molecule has 3 aromatic heterocycles. The summed E-state index contributed by atoms with van der Waals surface area (Å²) in [5.41, 5.74) is 1.41. The summed E-state index contributed by atoms with van der Waals surface area (Å²) < 4.78 is 9.17. The van der Waals surface area contributed by atoms with Crippen LogP contribution in [0.5, 0.6) is 0 Å². The van der Waals surface area contributed by atoms with Crippen molar-refractivity contribution in [3.8, 4) is 5.69 Å². The highest BCUT2D eigenvalue weighted by Crippen LogP contribution is 2.26. The monoisotopic (exact) mass is 456 g/mol. The Kier molecular flexibility index (Phi) is 6.23. The quantitative estimate of drug-likeness (QED) is 0.392. The number of benzene rings is 1. The SMILES string of the molecule is Cc1c(NC(=O)CSc2nnc(NCc3ccco3)s2)c(=O)n(-c2ccccc2)n1C. The number of para-hydroxylation sites is 1. The minimum atomic E-state index is -0.281. The van der Waals surface area contributed by atoms with Crippen LogP contribution in [-0.2, 0) is 18.4 Å². The number of carbonyl (C=O) groups is 1. The van der Waals surface area contributed by atoms with Gasteiger partial charge >= 0.3 is 0 Å². The van der Waals surface area contributed by atoms with E-state index < -0.39 is 0 Å². The van der Waals surface area contributed by atoms with Gasteiger partial charge in [-0.2, -0.15) is 0 Å². The number of hydrogen-bond donors (Lipinski definition) is 2. The molecule has 0 aliphatic heterocycles. The van der Waals surface area contributed by atoms with Gasteiger partial charge in [-0.3, -0.25) is 14.3 Å². The van der Waals surface area contributed by atoms with Crippen LogP contribution in [0.2, 0.25) is 0 Å². The van der Waals surface area contributed by atoms with Gasteiger partial charge in [-0.05, 0) is 31.2 Å². The van der Waals surface area contributed by atoms with Gasteiger partial charge in [-0.25, -0.2) is 4.68 Å². The zero-order chi connectivity index (χ0) is 21.8. The Bertz CT molecular complexity index is 1230. The molecule has 0 aliphatic rings. The minimum absolute atomic E-state index is 0.117. The lowest BCUT2D eigenvalue weighted by Crippen LogP contribution is -2.23. The molecule has 1 aromatic carbocycles. The predicted molar refractivity (Wildman–Crippen MR) is 121 cm³/mol. The topological polar surface area (TPSA) is 107 Å². The highest BCUT2D eigenvalue weighted by atomic mass is 32.2. The first-order chi connectivity index (χ1) is 15.0. The second-order valence-corrected chi connectivity index (χ2v) is 8.78. The third-order valence-corrected chi connectivity index (χ3v) is 6.56. The van der Waals surface area contributed by atoms with Crippen molar-refractivity contribution in [1.82, 2.24) is 19.6 Å². The summed E-state index contributed by atoms with van der Waals surface area (Å²) in [6, 6.07) is 13.0. The van der Waals surface area contributed by atoms with E-state index >= 15 is 0 Å². The van der Waals surface area contributed by atoms with Crippen LogP contribution in [0.3, 0.4) is 0 Å². The molecule has 0 radical (unpaired) electrons. The van der Waals surface area contributed by atoms with Crippen molar-refractivity contribution >= 4 is 39.8 Å². The Morgan fingerprint density at radius 3 is 2.74 bits per heavy atom. The summed E-state index contributed by atoms with van der Waals surface area (Å²) in [5, 5.41) is 14.6. The Labute approximate surface area is 186 Å². The van der Waals surface area contributed by atoms with Crippen LogP contribution in [0.25, 0.3) is 5.69 Å². The summed E-state index contributed by atoms with van der Waals surface area (Å²) in [6.07, 6.45) is 1.61. The highest BCUT2D eigenvalue weighted by molar-refractivity contribution is 8.01. The van der Waals surface area contributed by atoms with E-state index in [0.717, 1.165) is 11.4 Å². The molecule has 0 bridgehead atoms. The van der Waals surface area contributed by atoms with Crippen LogP contribution in [0.4, 0.5) is 10.8 Å². The lowest BCUT2D eigenvalue weighted by molar-refractivity contribution is -0.113. The van der Waals surface area contributed by atoms with Gasteiger partial charge in [-0.1, -0.05) is 41.3 Å². The molecule has 0 saturated carbocycles. The smallest absolute Gasteiger partial charge is 0.295 e. The second kappa shape index (κ2) is 9.23. The molecule has 0 unspecified atom stereocenters. The van der Waals surface area contributed by atoms with Gasteiger partial charge in [0.2, 0.25) is 11.0 Å². The van der Waals surface area contributed by atoms with Crippen molar-refractivity contribution in [2.75, 3.05) is 16.4 Å². The molecular weight excluding hydrogens is 436 g/mol. The molecule has 0 aliphatic carbocycles. The Morgan fingerprint density at radius 1 is 1.19 bits per heavy atom. The first kappa shape index (κ1) is 20.9. The molecule has 0 fully saturated rings. The molecule has 31 heavy (non-hydrogen) atoms. The number of aromatic nitrogens is 4. The number of thioether (sulfide) groups is 1. The van der Waals surface area contributed by atoms with Gasteiger partial charge in [0.25, 0.3) is 5.56 Å². The molecule has 9 nitrogen and oxygen atoms in total. The molecule has 0 spiro atoms. The number of nitrogens with one attached hydrogen (secondary N) is 2. The maximum atomic E-state index is 12.9. The fourth-order valence-electron chi connectivity index (χ4n) is 2.93. The Morgan fingerprint density at radius 2 is 2.00 bits per heavy atom. The molecule has 2 N–H and O–H groups in total. The fourth-order valence-corrected chi connectivity index (χ4v) is 4.48. The normalized spacial score (nSPS) is 10.9. The number of anilines is 2. The first-order valence-corrected chi connectivity index (χ1v) is 11.2. The van der Waals surface area contributed by atoms with Crippen LogP contribution < -0.4 is 16.2 Å². The molecule has 0 atom stereocenters. The van der Waals surface area contributed by atoms with Crippen LogP contribution in [0.1, 0.15) is 11.5 Å². The largest absolute Gasteiger partial charge is 0.467 e. The maximum Gasteiger partial charge on any atom is 0.295 e. The second-order valence-electron chi connectivity index (χ2n) is 6.58. The molecule has 1 amide bonds. The summed E-state index contributed by atoms with van der Waals surface area (Å²) >= 11 is 2.62. The van der Waals surface area contributed by atoms with E-state index in [0.29, 0.717) is 21.7 Å². The Balaban J connectivity index is 1.37. The van der Waals surface area contributed by atoms with E-state index in [-0.39, 0.29) is 22.9 Å². The summed E-state index contributed by atoms with van der Waals surface area (Å²) in [6.45, 7) is 2.30. The van der Waals surface area contributed by atoms with Gasteiger partial charge < -0.3 is 15.1 Å². The van der Waals surface area contributed by atoms with Gasteiger partial charge in [0.1, 0.15) is 11.4 Å². The van der Waals surface area contributed by atoms with Crippen molar-refractivity contribution in [2.24, 2.45) is 7.05 Å². The van der Waals surface area contributed by atoms with E-state index in [1.165, 1.54) is 27.8 Å². The molecule has 3 heterocycles. The number of furan rings is 1. The minimum Gasteiger partial charge on any atom is -0.467 e. The average molecular weight is 457 g/mol. The number of carbonyl (C=O) groups excluding carboxylic acids is 1. The van der Waals surface area contributed by atoms with E-state index in [9.17, 15) is 9.59 Å². The molecule has 160 valence electrons. The van der Waals surface area contributed by atoms with Crippen LogP contribution in [0.15, 0.2) is 62.3 Å². The van der Waals surface area contributed by atoms with E-state index in [1.807, 2.05) is 42.5 Å². The van der Waals surface area contributed by atoms with E-state index in [2.05, 4.69) is 20.8 Å². The number of nitrogens with zero attached hydrogens (tertiary/aromatic N) is 4. The zero-order valence-corrected chi connectivity index (χ0v) is 18.5. The van der Waals surface area contributed by atoms with Crippen molar-refractivity contribution < 1.29 is 9.21 Å². The number of rotatable bonds is 8. The van der Waals surface area contributed by atoms with E-state index in [1.54, 1.807) is 24.9 Å². The first-order valence-electron chi connectivity index (χ1n) is 9.39. The lowest BCUT2D eigenvalue weighted by atomic mass is 10.3. The van der Waals surface area contributed by atoms with Crippen molar-refractivity contribution in [1.29, 1.82) is 0 Å². The molecule has 11 heteroatoms. The van der Waals surface area contributed by atoms with Gasteiger partial charge in [0.15, 0.2) is 4.34 Å². The van der Waals surface area contributed by atoms with Crippen molar-refractivity contribution in [3.63, 3.8) is 0 Å². The predicted octanol–water partition coefficient (Wildman–Crippen LogP) is 3.27. The number of hydrogen-bond acceptors (Lipinski definition) is 8. The maximum absolute atomic E-state index is 12.9. The number of amides is 1. The fraction of sp³-hybridized carbons (Fsp3) is 0.200. The van der Waals surface area contributed by atoms with Gasteiger partial charge in [0.05, 0.1) is 29.9 Å². The van der Waals surface area contributed by atoms with E-state index in [4.69, 9.17) is 4.42 Å².